The molecule has 0 saturated heterocycles. The van der Waals surface area contributed by atoms with Crippen LogP contribution in [0, 0.1) is 0 Å². The Hall–Kier alpha value is -0.970. The highest BCUT2D eigenvalue weighted by Gasteiger charge is 2.13. The van der Waals surface area contributed by atoms with E-state index >= 15 is 0 Å². The Morgan fingerprint density at radius 1 is 1.57 bits per heavy atom. The molecule has 0 unspecified atom stereocenters. The van der Waals surface area contributed by atoms with Crippen molar-refractivity contribution in [3.05, 3.63) is 12.2 Å². The Morgan fingerprint density at radius 2 is 2.14 bits per heavy atom. The molecule has 0 radical (unpaired) electrons. The van der Waals surface area contributed by atoms with Gasteiger partial charge in [0, 0.05) is 12.1 Å². The van der Waals surface area contributed by atoms with Gasteiger partial charge >= 0.3 is 5.97 Å². The van der Waals surface area contributed by atoms with Crippen LogP contribution in [0.2, 0.25) is 0 Å². The summed E-state index contributed by atoms with van der Waals surface area (Å²) in [7, 11) is 1.50. The van der Waals surface area contributed by atoms with Crippen molar-refractivity contribution in [2.75, 3.05) is 26.7 Å². The molecule has 0 atom stereocenters. The summed E-state index contributed by atoms with van der Waals surface area (Å²) >= 11 is 0. The smallest absolute Gasteiger partial charge is 0.334 e. The molecular weight excluding hydrogens is 192 g/mol. The Kier molecular flexibility index (Phi) is 6.03. The lowest BCUT2D eigenvalue weighted by molar-refractivity contribution is -0.138. The zero-order chi connectivity index (χ0) is 11.1. The summed E-state index contributed by atoms with van der Waals surface area (Å²) in [5.74, 6) is -0.534. The maximum atomic E-state index is 11.9. The van der Waals surface area contributed by atoms with Gasteiger partial charge in [-0.1, -0.05) is 6.58 Å². The molecule has 0 N–H and O–H groups in total. The first-order valence-corrected chi connectivity index (χ1v) is 4.29. The van der Waals surface area contributed by atoms with Crippen LogP contribution in [0.4, 0.5) is 8.78 Å². The number of halogens is 2. The molecule has 0 heterocycles. The highest BCUT2D eigenvalue weighted by molar-refractivity contribution is 5.88. The first-order valence-electron chi connectivity index (χ1n) is 4.29. The standard InChI is InChI=1S/C9H15F2NO2/c1-4-14-9(13)7(2)5-12(3)6-8(10)11/h8H,2,4-6H2,1,3H3. The van der Waals surface area contributed by atoms with Gasteiger partial charge in [0.15, 0.2) is 0 Å². The van der Waals surface area contributed by atoms with Crippen LogP contribution < -0.4 is 0 Å². The van der Waals surface area contributed by atoms with Crippen LogP contribution >= 0.6 is 0 Å². The van der Waals surface area contributed by atoms with E-state index in [0.29, 0.717) is 0 Å². The molecular formula is C9H15F2NO2. The van der Waals surface area contributed by atoms with Crippen molar-refractivity contribution >= 4 is 5.97 Å². The maximum Gasteiger partial charge on any atom is 0.334 e. The summed E-state index contributed by atoms with van der Waals surface area (Å²) in [5, 5.41) is 0. The Labute approximate surface area is 82.3 Å². The molecule has 0 spiro atoms. The van der Waals surface area contributed by atoms with Gasteiger partial charge in [-0.25, -0.2) is 13.6 Å². The molecule has 0 aromatic rings. The summed E-state index contributed by atoms with van der Waals surface area (Å²) < 4.78 is 28.5. The number of carbonyl (C=O) groups excluding carboxylic acids is 1. The first kappa shape index (κ1) is 13.0. The zero-order valence-corrected chi connectivity index (χ0v) is 8.43. The van der Waals surface area contributed by atoms with Crippen molar-refractivity contribution in [1.29, 1.82) is 0 Å². The molecule has 14 heavy (non-hydrogen) atoms. The maximum absolute atomic E-state index is 11.9. The van der Waals surface area contributed by atoms with Crippen molar-refractivity contribution in [1.82, 2.24) is 4.90 Å². The van der Waals surface area contributed by atoms with Gasteiger partial charge in [-0.15, -0.1) is 0 Å². The summed E-state index contributed by atoms with van der Waals surface area (Å²) in [5.41, 5.74) is 0.190. The van der Waals surface area contributed by atoms with Gasteiger partial charge < -0.3 is 4.74 Å². The largest absolute Gasteiger partial charge is 0.463 e. The Balaban J connectivity index is 3.87. The molecule has 0 bridgehead atoms. The van der Waals surface area contributed by atoms with Crippen LogP contribution in [0.3, 0.4) is 0 Å². The molecule has 0 aliphatic rings. The molecule has 5 heteroatoms. The Bertz CT molecular complexity index is 207. The SMILES string of the molecule is C=C(CN(C)CC(F)F)C(=O)OCC. The number of hydrogen-bond acceptors (Lipinski definition) is 3. The van der Waals surface area contributed by atoms with Gasteiger partial charge in [0.1, 0.15) is 0 Å². The van der Waals surface area contributed by atoms with E-state index in [0.717, 1.165) is 0 Å². The minimum absolute atomic E-state index is 0.100. The lowest BCUT2D eigenvalue weighted by Gasteiger charge is -2.16. The molecule has 0 aromatic heterocycles. The van der Waals surface area contributed by atoms with Gasteiger partial charge in [-0.3, -0.25) is 4.90 Å². The molecule has 0 aliphatic heterocycles. The number of hydrogen-bond donors (Lipinski definition) is 0. The number of likely N-dealkylation sites (N-methyl/N-ethyl adjacent to an activating group) is 1. The van der Waals surface area contributed by atoms with E-state index in [9.17, 15) is 13.6 Å². The van der Waals surface area contributed by atoms with Gasteiger partial charge in [-0.2, -0.15) is 0 Å². The quantitative estimate of drug-likeness (QED) is 0.485. The predicted molar refractivity (Wildman–Crippen MR) is 49.3 cm³/mol. The van der Waals surface area contributed by atoms with Crippen LogP contribution in [0.25, 0.3) is 0 Å². The summed E-state index contributed by atoms with van der Waals surface area (Å²) in [6.45, 7) is 5.12. The summed E-state index contributed by atoms with van der Waals surface area (Å²) in [6, 6.07) is 0. The number of alkyl halides is 2. The number of ether oxygens (including phenoxy) is 1. The van der Waals surface area contributed by atoms with Crippen LogP contribution in [0.1, 0.15) is 6.92 Å². The number of nitrogens with zero attached hydrogens (tertiary/aromatic N) is 1. The van der Waals surface area contributed by atoms with Gasteiger partial charge in [-0.05, 0) is 14.0 Å². The minimum Gasteiger partial charge on any atom is -0.463 e. The van der Waals surface area contributed by atoms with Crippen molar-refractivity contribution in [2.45, 2.75) is 13.3 Å². The van der Waals surface area contributed by atoms with Crippen LogP contribution in [0.15, 0.2) is 12.2 Å². The molecule has 0 saturated carbocycles. The molecule has 0 rings (SSSR count). The first-order chi connectivity index (χ1) is 6.47. The average Bonchev–Trinajstić information content (AvgIpc) is 2.02. The average molecular weight is 207 g/mol. The molecule has 0 aliphatic carbocycles. The Morgan fingerprint density at radius 3 is 2.57 bits per heavy atom. The fourth-order valence-electron chi connectivity index (χ4n) is 0.924. The van der Waals surface area contributed by atoms with Crippen LogP contribution in [-0.4, -0.2) is 44.0 Å². The summed E-state index contributed by atoms with van der Waals surface area (Å²) in [6.07, 6.45) is -2.41. The minimum atomic E-state index is -2.41. The molecule has 82 valence electrons. The normalized spacial score (nSPS) is 10.7. The van der Waals surface area contributed by atoms with Crippen molar-refractivity contribution in [3.63, 3.8) is 0 Å². The molecule has 0 fully saturated rings. The summed E-state index contributed by atoms with van der Waals surface area (Å²) in [4.78, 5) is 12.4. The second-order valence-electron chi connectivity index (χ2n) is 2.91. The van der Waals surface area contributed by atoms with E-state index in [4.69, 9.17) is 0 Å². The molecule has 3 nitrogen and oxygen atoms in total. The van der Waals surface area contributed by atoms with E-state index in [1.807, 2.05) is 0 Å². The highest BCUT2D eigenvalue weighted by atomic mass is 19.3. The predicted octanol–water partition coefficient (Wildman–Crippen LogP) is 1.30. The van der Waals surface area contributed by atoms with Gasteiger partial charge in [0.25, 0.3) is 6.43 Å². The van der Waals surface area contributed by atoms with Crippen LogP contribution in [-0.2, 0) is 9.53 Å². The zero-order valence-electron chi connectivity index (χ0n) is 8.43. The monoisotopic (exact) mass is 207 g/mol. The van der Waals surface area contributed by atoms with Gasteiger partial charge in [0.2, 0.25) is 0 Å². The number of rotatable bonds is 6. The highest BCUT2D eigenvalue weighted by Crippen LogP contribution is 2.01. The molecule has 0 aromatic carbocycles. The second-order valence-corrected chi connectivity index (χ2v) is 2.91. The third-order valence-corrected chi connectivity index (χ3v) is 1.47. The third kappa shape index (κ3) is 5.64. The number of carbonyl (C=O) groups is 1. The fraction of sp³-hybridized carbons (Fsp3) is 0.667. The van der Waals surface area contributed by atoms with Crippen molar-refractivity contribution in [2.24, 2.45) is 0 Å². The molecule has 0 amide bonds. The lowest BCUT2D eigenvalue weighted by atomic mass is 10.3. The van der Waals surface area contributed by atoms with Crippen molar-refractivity contribution < 1.29 is 18.3 Å². The van der Waals surface area contributed by atoms with E-state index in [1.54, 1.807) is 6.92 Å². The van der Waals surface area contributed by atoms with Gasteiger partial charge in [0.05, 0.1) is 13.2 Å². The fourth-order valence-corrected chi connectivity index (χ4v) is 0.924. The third-order valence-electron chi connectivity index (χ3n) is 1.47. The van der Waals surface area contributed by atoms with E-state index in [2.05, 4.69) is 11.3 Å². The lowest BCUT2D eigenvalue weighted by Crippen LogP contribution is -2.28. The number of esters is 1. The van der Waals surface area contributed by atoms with E-state index in [-0.39, 0.29) is 25.3 Å². The second kappa shape index (κ2) is 6.48. The van der Waals surface area contributed by atoms with Crippen molar-refractivity contribution in [3.8, 4) is 0 Å². The van der Waals surface area contributed by atoms with Crippen LogP contribution in [0.5, 0.6) is 0 Å². The van der Waals surface area contributed by atoms with E-state index in [1.165, 1.54) is 11.9 Å². The topological polar surface area (TPSA) is 29.5 Å². The van der Waals surface area contributed by atoms with E-state index < -0.39 is 12.4 Å².